The van der Waals surface area contributed by atoms with Crippen LogP contribution in [0, 0.1) is 0 Å². The van der Waals surface area contributed by atoms with Gasteiger partial charge in [-0.15, -0.1) is 10.2 Å². The lowest BCUT2D eigenvalue weighted by molar-refractivity contribution is -0.116. The third kappa shape index (κ3) is 2.70. The van der Waals surface area contributed by atoms with E-state index in [1.807, 2.05) is 36.4 Å². The van der Waals surface area contributed by atoms with Crippen LogP contribution in [-0.4, -0.2) is 41.1 Å². The lowest BCUT2D eigenvalue weighted by Crippen LogP contribution is -2.19. The fourth-order valence-electron chi connectivity index (χ4n) is 2.35. The van der Waals surface area contributed by atoms with Gasteiger partial charge in [0.05, 0.1) is 11.2 Å². The first-order valence-corrected chi connectivity index (χ1v) is 7.21. The summed E-state index contributed by atoms with van der Waals surface area (Å²) in [5.41, 5.74) is 3.07. The maximum Gasteiger partial charge on any atom is 0.246 e. The van der Waals surface area contributed by atoms with Gasteiger partial charge in [-0.1, -0.05) is 17.3 Å². The molecule has 0 bridgehead atoms. The molecule has 9 nitrogen and oxygen atoms in total. The average molecular weight is 320 g/mol. The van der Waals surface area contributed by atoms with Gasteiger partial charge in [0.1, 0.15) is 18.4 Å². The number of carbonyl (C=O) groups excluding carboxylic acids is 1. The van der Waals surface area contributed by atoms with E-state index in [2.05, 4.69) is 31.2 Å². The molecule has 2 heterocycles. The van der Waals surface area contributed by atoms with Crippen molar-refractivity contribution in [2.45, 2.75) is 6.54 Å². The molecule has 9 heteroatoms. The number of hydrogen-bond acceptors (Lipinski definition) is 6. The van der Waals surface area contributed by atoms with Crippen LogP contribution < -0.4 is 5.32 Å². The summed E-state index contributed by atoms with van der Waals surface area (Å²) in [6.07, 6.45) is 1.50. The Morgan fingerprint density at radius 2 is 1.88 bits per heavy atom. The molecule has 1 amide bonds. The van der Waals surface area contributed by atoms with Crippen molar-refractivity contribution in [3.8, 4) is 5.69 Å². The summed E-state index contributed by atoms with van der Waals surface area (Å²) in [5, 5.41) is 21.8. The fourth-order valence-corrected chi connectivity index (χ4v) is 2.35. The monoisotopic (exact) mass is 320 g/mol. The second-order valence-corrected chi connectivity index (χ2v) is 5.09. The van der Waals surface area contributed by atoms with Crippen molar-refractivity contribution in [3.63, 3.8) is 0 Å². The molecule has 0 fully saturated rings. The Balaban J connectivity index is 1.46. The Morgan fingerprint density at radius 1 is 1.04 bits per heavy atom. The first-order valence-electron chi connectivity index (χ1n) is 7.21. The Labute approximate surface area is 135 Å². The van der Waals surface area contributed by atoms with E-state index < -0.39 is 0 Å². The molecule has 0 radical (unpaired) electrons. The first kappa shape index (κ1) is 14.0. The van der Waals surface area contributed by atoms with Crippen molar-refractivity contribution < 1.29 is 4.79 Å². The summed E-state index contributed by atoms with van der Waals surface area (Å²) < 4.78 is 3.10. The molecule has 0 aliphatic rings. The van der Waals surface area contributed by atoms with Crippen molar-refractivity contribution in [3.05, 3.63) is 54.9 Å². The van der Waals surface area contributed by atoms with E-state index in [-0.39, 0.29) is 12.5 Å². The van der Waals surface area contributed by atoms with Crippen molar-refractivity contribution in [2.75, 3.05) is 5.32 Å². The van der Waals surface area contributed by atoms with Crippen LogP contribution >= 0.6 is 0 Å². The van der Waals surface area contributed by atoms with Gasteiger partial charge in [-0.3, -0.25) is 4.79 Å². The number of nitrogens with one attached hydrogen (secondary N) is 1. The Kier molecular flexibility index (Phi) is 3.43. The highest BCUT2D eigenvalue weighted by Gasteiger charge is 2.09. The van der Waals surface area contributed by atoms with Crippen LogP contribution in [-0.2, 0) is 11.3 Å². The highest BCUT2D eigenvalue weighted by molar-refractivity contribution is 5.91. The van der Waals surface area contributed by atoms with E-state index in [0.29, 0.717) is 5.69 Å². The molecule has 4 rings (SSSR count). The van der Waals surface area contributed by atoms with Gasteiger partial charge in [0, 0.05) is 5.69 Å². The zero-order valence-corrected chi connectivity index (χ0v) is 12.4. The average Bonchev–Trinajstić information content (AvgIpc) is 3.26. The predicted molar refractivity (Wildman–Crippen MR) is 85.3 cm³/mol. The summed E-state index contributed by atoms with van der Waals surface area (Å²) in [5.74, 6) is -0.180. The number of amides is 1. The molecule has 0 saturated heterocycles. The van der Waals surface area contributed by atoms with Gasteiger partial charge in [-0.05, 0) is 46.8 Å². The highest BCUT2D eigenvalue weighted by atomic mass is 16.2. The summed E-state index contributed by atoms with van der Waals surface area (Å²) in [6.45, 7) is 0.0925. The van der Waals surface area contributed by atoms with Gasteiger partial charge in [0.15, 0.2) is 0 Å². The SMILES string of the molecule is O=C(Cn1nnc2ccccc21)Nc1ccc(-n2cnnn2)cc1. The molecule has 4 aromatic rings. The highest BCUT2D eigenvalue weighted by Crippen LogP contribution is 2.13. The number of fused-ring (bicyclic) bond motifs is 1. The zero-order valence-electron chi connectivity index (χ0n) is 12.4. The second-order valence-electron chi connectivity index (χ2n) is 5.09. The molecule has 24 heavy (non-hydrogen) atoms. The first-order chi connectivity index (χ1) is 11.8. The van der Waals surface area contributed by atoms with Crippen molar-refractivity contribution in [2.24, 2.45) is 0 Å². The maximum atomic E-state index is 12.2. The van der Waals surface area contributed by atoms with Gasteiger partial charge in [0.2, 0.25) is 5.91 Å². The van der Waals surface area contributed by atoms with Gasteiger partial charge in [-0.2, -0.15) is 0 Å². The molecule has 0 aliphatic heterocycles. The number of tetrazole rings is 1. The summed E-state index contributed by atoms with van der Waals surface area (Å²) >= 11 is 0. The number of benzene rings is 2. The predicted octanol–water partition coefficient (Wildman–Crippen LogP) is 1.05. The van der Waals surface area contributed by atoms with Crippen LogP contribution in [0.3, 0.4) is 0 Å². The van der Waals surface area contributed by atoms with Crippen LogP contribution in [0.1, 0.15) is 0 Å². The lowest BCUT2D eigenvalue weighted by atomic mass is 10.3. The van der Waals surface area contributed by atoms with Crippen LogP contribution in [0.15, 0.2) is 54.9 Å². The number of nitrogens with zero attached hydrogens (tertiary/aromatic N) is 7. The van der Waals surface area contributed by atoms with Crippen LogP contribution in [0.4, 0.5) is 5.69 Å². The second kappa shape index (κ2) is 5.88. The van der Waals surface area contributed by atoms with Gasteiger partial charge in [0.25, 0.3) is 0 Å². The summed E-state index contributed by atoms with van der Waals surface area (Å²) in [7, 11) is 0. The normalized spacial score (nSPS) is 10.8. The van der Waals surface area contributed by atoms with Gasteiger partial charge in [-0.25, -0.2) is 9.36 Å². The molecular weight excluding hydrogens is 308 g/mol. The van der Waals surface area contributed by atoms with Crippen LogP contribution in [0.25, 0.3) is 16.7 Å². The molecule has 0 unspecified atom stereocenters. The Bertz CT molecular complexity index is 974. The van der Waals surface area contributed by atoms with E-state index in [1.165, 1.54) is 11.0 Å². The molecule has 118 valence electrons. The van der Waals surface area contributed by atoms with E-state index in [1.54, 1.807) is 16.8 Å². The molecule has 2 aromatic carbocycles. The summed E-state index contributed by atoms with van der Waals surface area (Å²) in [6, 6.07) is 14.7. The third-order valence-corrected chi connectivity index (χ3v) is 3.48. The Hall–Kier alpha value is -3.62. The molecular formula is C15H12N8O. The number of hydrogen-bond donors (Lipinski definition) is 1. The minimum absolute atomic E-state index is 0.0925. The van der Waals surface area contributed by atoms with E-state index >= 15 is 0 Å². The molecule has 2 aromatic heterocycles. The van der Waals surface area contributed by atoms with E-state index in [9.17, 15) is 4.79 Å². The largest absolute Gasteiger partial charge is 0.324 e. The van der Waals surface area contributed by atoms with Crippen molar-refractivity contribution in [1.29, 1.82) is 0 Å². The fraction of sp³-hybridized carbons (Fsp3) is 0.0667. The molecule has 0 saturated carbocycles. The molecule has 0 aliphatic carbocycles. The van der Waals surface area contributed by atoms with Crippen LogP contribution in [0.5, 0.6) is 0 Å². The quantitative estimate of drug-likeness (QED) is 0.603. The molecule has 0 atom stereocenters. The minimum atomic E-state index is -0.180. The lowest BCUT2D eigenvalue weighted by Gasteiger charge is -2.06. The maximum absolute atomic E-state index is 12.2. The number of aromatic nitrogens is 7. The Morgan fingerprint density at radius 3 is 2.67 bits per heavy atom. The number of rotatable bonds is 4. The minimum Gasteiger partial charge on any atom is -0.324 e. The molecule has 0 spiro atoms. The van der Waals surface area contributed by atoms with Crippen LogP contribution in [0.2, 0.25) is 0 Å². The smallest absolute Gasteiger partial charge is 0.246 e. The van der Waals surface area contributed by atoms with E-state index in [4.69, 9.17) is 0 Å². The van der Waals surface area contributed by atoms with Gasteiger partial charge < -0.3 is 5.32 Å². The summed E-state index contributed by atoms with van der Waals surface area (Å²) in [4.78, 5) is 12.2. The number of para-hydroxylation sites is 1. The van der Waals surface area contributed by atoms with Gasteiger partial charge >= 0.3 is 0 Å². The number of anilines is 1. The van der Waals surface area contributed by atoms with Crippen molar-refractivity contribution >= 4 is 22.6 Å². The standard InChI is InChI=1S/C15H12N8O/c24-15(9-22-14-4-2-1-3-13(14)18-20-22)17-11-5-7-12(8-6-11)23-10-16-19-21-23/h1-8,10H,9H2,(H,17,24). The van der Waals surface area contributed by atoms with E-state index in [0.717, 1.165) is 16.7 Å². The number of carbonyl (C=O) groups is 1. The topological polar surface area (TPSA) is 103 Å². The zero-order chi connectivity index (χ0) is 16.4. The molecule has 1 N–H and O–H groups in total. The third-order valence-electron chi connectivity index (χ3n) is 3.48. The van der Waals surface area contributed by atoms with Crippen molar-refractivity contribution in [1.82, 2.24) is 35.2 Å².